The molecular weight excluding hydrogens is 641 g/mol. The SMILES string of the molecule is CCCCCCCCCCCCCCCC(Cl)C(Cl)(Cl)C(S(=O)(=O)N=[N+]=[N-])(S(=O)(=O)N=[N+]=[N-])S(=O)(=O)N=[N+]=[N-]. The van der Waals surface area contributed by atoms with Crippen LogP contribution in [0.1, 0.15) is 96.8 Å². The largest absolute Gasteiger partial charge is 0.328 e. The van der Waals surface area contributed by atoms with Crippen molar-refractivity contribution < 1.29 is 25.3 Å². The molecule has 0 radical (unpaired) electrons. The van der Waals surface area contributed by atoms with Gasteiger partial charge >= 0.3 is 3.41 Å². The maximum absolute atomic E-state index is 12.9. The van der Waals surface area contributed by atoms with Crippen LogP contribution in [0.2, 0.25) is 0 Å². The van der Waals surface area contributed by atoms with Crippen LogP contribution in [-0.2, 0) is 30.1 Å². The first-order valence-corrected chi connectivity index (χ1v) is 17.6. The van der Waals surface area contributed by atoms with Crippen LogP contribution < -0.4 is 0 Å². The highest BCUT2D eigenvalue weighted by atomic mass is 35.5. The molecule has 21 heteroatoms. The fourth-order valence-corrected chi connectivity index (χ4v) is 12.3. The quantitative estimate of drug-likeness (QED) is 0.0364. The van der Waals surface area contributed by atoms with Gasteiger partial charge in [-0.3, -0.25) is 0 Å². The van der Waals surface area contributed by atoms with E-state index in [0.29, 0.717) is 6.42 Å². The molecule has 0 rings (SSSR count). The molecule has 0 aromatic heterocycles. The van der Waals surface area contributed by atoms with Gasteiger partial charge in [0, 0.05) is 28.3 Å². The molecule has 0 N–H and O–H groups in total. The summed E-state index contributed by atoms with van der Waals surface area (Å²) in [7, 11) is -18.6. The van der Waals surface area contributed by atoms with Crippen LogP contribution in [0.15, 0.2) is 13.6 Å². The molecule has 0 aromatic rings. The smallest absolute Gasteiger partial charge is 0.218 e. The number of alkyl halides is 3. The van der Waals surface area contributed by atoms with Crippen molar-refractivity contribution in [1.82, 2.24) is 0 Å². The van der Waals surface area contributed by atoms with Gasteiger partial charge in [0.2, 0.25) is 0 Å². The summed E-state index contributed by atoms with van der Waals surface area (Å²) in [5.74, 6) is 0. The van der Waals surface area contributed by atoms with Gasteiger partial charge in [0.1, 0.15) is 0 Å². The normalized spacial score (nSPS) is 14.8. The van der Waals surface area contributed by atoms with Gasteiger partial charge in [-0.25, -0.2) is 25.3 Å². The molecule has 1 unspecified atom stereocenters. The Labute approximate surface area is 244 Å². The van der Waals surface area contributed by atoms with Crippen LogP contribution in [0.5, 0.6) is 0 Å². The Morgan fingerprint density at radius 3 is 1.18 bits per heavy atom. The van der Waals surface area contributed by atoms with Crippen LogP contribution in [0.4, 0.5) is 0 Å². The number of hydrogen-bond donors (Lipinski definition) is 0. The third-order valence-corrected chi connectivity index (χ3v) is 16.0. The number of azide groups is 3. The summed E-state index contributed by atoms with van der Waals surface area (Å²) in [6.45, 7) is 2.17. The zero-order valence-corrected chi connectivity index (χ0v) is 26.0. The summed E-state index contributed by atoms with van der Waals surface area (Å²) >= 11 is 18.3. The Morgan fingerprint density at radius 2 is 0.897 bits per heavy atom. The highest BCUT2D eigenvalue weighted by molar-refractivity contribution is 8.25. The molecule has 0 amide bonds. The topological polar surface area (TPSA) is 249 Å². The molecule has 0 saturated heterocycles. The predicted octanol–water partition coefficient (Wildman–Crippen LogP) is 7.82. The van der Waals surface area contributed by atoms with Gasteiger partial charge in [-0.05, 0) is 23.0 Å². The molecule has 0 bridgehead atoms. The van der Waals surface area contributed by atoms with E-state index in [1.54, 1.807) is 0 Å². The average Bonchev–Trinajstić information content (AvgIpc) is 2.81. The van der Waals surface area contributed by atoms with E-state index < -0.39 is 43.2 Å². The van der Waals surface area contributed by atoms with E-state index in [0.717, 1.165) is 32.1 Å². The summed E-state index contributed by atoms with van der Waals surface area (Å²) in [6.07, 6.45) is 12.7. The van der Waals surface area contributed by atoms with Crippen LogP contribution in [0.3, 0.4) is 0 Å². The van der Waals surface area contributed by atoms with Crippen molar-refractivity contribution in [2.75, 3.05) is 0 Å². The van der Waals surface area contributed by atoms with Gasteiger partial charge in [0.25, 0.3) is 30.1 Å². The summed E-state index contributed by atoms with van der Waals surface area (Å²) in [4.78, 5) is 5.73. The highest BCUT2D eigenvalue weighted by Gasteiger charge is 2.77. The summed E-state index contributed by atoms with van der Waals surface area (Å²) < 4.78 is 75.6. The minimum atomic E-state index is -6.20. The van der Waals surface area contributed by atoms with Gasteiger partial charge in [0.05, 0.1) is 5.38 Å². The Morgan fingerprint density at radius 1 is 0.615 bits per heavy atom. The zero-order chi connectivity index (χ0) is 30.2. The molecule has 0 fully saturated rings. The first kappa shape index (κ1) is 37.6. The summed E-state index contributed by atoms with van der Waals surface area (Å²) in [6, 6.07) is 0. The molecule has 0 aromatic carbocycles. The molecule has 224 valence electrons. The van der Waals surface area contributed by atoms with Crippen LogP contribution in [-0.4, -0.2) is 38.4 Å². The molecule has 0 aliphatic rings. The minimum absolute atomic E-state index is 0.216. The van der Waals surface area contributed by atoms with Crippen LogP contribution >= 0.6 is 34.8 Å². The second-order valence-corrected chi connectivity index (χ2v) is 16.5. The van der Waals surface area contributed by atoms with Crippen molar-refractivity contribution >= 4 is 64.9 Å². The zero-order valence-electron chi connectivity index (χ0n) is 21.3. The fourth-order valence-electron chi connectivity index (χ4n) is 3.93. The second kappa shape index (κ2) is 17.5. The lowest BCUT2D eigenvalue weighted by Gasteiger charge is -2.38. The van der Waals surface area contributed by atoms with Gasteiger partial charge in [-0.15, -0.1) is 11.6 Å². The number of halogens is 3. The van der Waals surface area contributed by atoms with Crippen molar-refractivity contribution in [3.8, 4) is 0 Å². The lowest BCUT2D eigenvalue weighted by Crippen LogP contribution is -2.64. The number of unbranched alkanes of at least 4 members (excludes halogenated alkanes) is 12. The number of sulfonamides is 3. The minimum Gasteiger partial charge on any atom is -0.218 e. The lowest BCUT2D eigenvalue weighted by atomic mass is 10.0. The molecule has 0 saturated carbocycles. The van der Waals surface area contributed by atoms with Crippen molar-refractivity contribution in [2.24, 2.45) is 13.6 Å². The van der Waals surface area contributed by atoms with Crippen LogP contribution in [0, 0.1) is 0 Å². The van der Waals surface area contributed by atoms with E-state index in [2.05, 4.69) is 20.5 Å². The fraction of sp³-hybridized carbons (Fsp3) is 1.00. The van der Waals surface area contributed by atoms with Gasteiger partial charge in [0.15, 0.2) is 4.33 Å². The van der Waals surface area contributed by atoms with E-state index in [1.165, 1.54) is 38.5 Å². The molecule has 0 heterocycles. The maximum atomic E-state index is 12.9. The number of nitrogens with zero attached hydrogens (tertiary/aromatic N) is 9. The summed E-state index contributed by atoms with van der Waals surface area (Å²) in [5.41, 5.74) is 26.0. The first-order chi connectivity index (χ1) is 18.2. The third-order valence-electron chi connectivity index (χ3n) is 5.81. The number of hydrogen-bond acceptors (Lipinski definition) is 6. The van der Waals surface area contributed by atoms with Crippen molar-refractivity contribution in [3.05, 3.63) is 31.3 Å². The standard InChI is InChI=1S/C18H32Cl3N9O6S3/c1-2-3-4-5-6-7-8-9-10-11-12-13-14-15-16(19)17(20,21)18(37(31,32)28-25-22,38(33,34)29-26-23)39(35,36)30-27-24/h16H,2-15H2,1H3. The van der Waals surface area contributed by atoms with Gasteiger partial charge in [-0.2, -0.15) is 0 Å². The Hall–Kier alpha value is -1.35. The molecule has 39 heavy (non-hydrogen) atoms. The van der Waals surface area contributed by atoms with E-state index >= 15 is 0 Å². The van der Waals surface area contributed by atoms with Crippen LogP contribution in [0.25, 0.3) is 31.3 Å². The highest BCUT2D eigenvalue weighted by Crippen LogP contribution is 2.54. The van der Waals surface area contributed by atoms with E-state index in [9.17, 15) is 25.3 Å². The number of rotatable bonds is 22. The first-order valence-electron chi connectivity index (χ1n) is 12.1. The monoisotopic (exact) mass is 671 g/mol. The Kier molecular flexibility index (Phi) is 16.9. The van der Waals surface area contributed by atoms with E-state index in [4.69, 9.17) is 51.4 Å². The van der Waals surface area contributed by atoms with Gasteiger partial charge < -0.3 is 0 Å². The summed E-state index contributed by atoms with van der Waals surface area (Å²) in [5, 5.41) is -1.95. The van der Waals surface area contributed by atoms with Crippen molar-refractivity contribution in [1.29, 1.82) is 0 Å². The average molecular weight is 673 g/mol. The van der Waals surface area contributed by atoms with Gasteiger partial charge in [-0.1, -0.05) is 114 Å². The van der Waals surface area contributed by atoms with E-state index in [1.807, 2.05) is 14.7 Å². The molecule has 0 aliphatic carbocycles. The molecule has 15 nitrogen and oxygen atoms in total. The Bertz CT molecular complexity index is 1140. The molecule has 0 aliphatic heterocycles. The molecular formula is C18H32Cl3N9O6S3. The third kappa shape index (κ3) is 9.61. The predicted molar refractivity (Wildman–Crippen MR) is 151 cm³/mol. The van der Waals surface area contributed by atoms with Crippen molar-refractivity contribution in [2.45, 2.75) is 110 Å². The molecule has 1 atom stereocenters. The van der Waals surface area contributed by atoms with Crippen molar-refractivity contribution in [3.63, 3.8) is 0 Å². The Balaban J connectivity index is 5.65. The second-order valence-electron chi connectivity index (χ2n) is 8.62. The maximum Gasteiger partial charge on any atom is 0.328 e. The molecule has 0 spiro atoms. The lowest BCUT2D eigenvalue weighted by molar-refractivity contribution is 0.509. The van der Waals surface area contributed by atoms with E-state index in [-0.39, 0.29) is 12.8 Å².